The van der Waals surface area contributed by atoms with Crippen LogP contribution in [0, 0.1) is 0 Å². The maximum absolute atomic E-state index is 5.42. The summed E-state index contributed by atoms with van der Waals surface area (Å²) in [6.45, 7) is 6.58. The van der Waals surface area contributed by atoms with Crippen molar-refractivity contribution in [2.45, 2.75) is 13.0 Å². The molecule has 1 aromatic heterocycles. The summed E-state index contributed by atoms with van der Waals surface area (Å²) in [6, 6.07) is 18.5. The number of hydrogen-bond donors (Lipinski definition) is 2. The number of pyridine rings is 1. The summed E-state index contributed by atoms with van der Waals surface area (Å²) in [5.74, 6) is 1.75. The number of ether oxygens (including phenoxy) is 2. The Morgan fingerprint density at radius 3 is 2.77 bits per heavy atom. The number of anilines is 2. The van der Waals surface area contributed by atoms with E-state index >= 15 is 0 Å². The molecule has 3 aromatic rings. The molecule has 0 unspecified atom stereocenters. The molecule has 2 heterocycles. The number of nitrogens with zero attached hydrogens (tertiary/aromatic N) is 2. The third kappa shape index (κ3) is 5.40. The topological polar surface area (TPSA) is 58.7 Å². The minimum absolute atomic E-state index is 0.672. The fourth-order valence-electron chi connectivity index (χ4n) is 3.73. The average Bonchev–Trinajstić information content (AvgIpc) is 2.81. The standard InChI is InChI=1S/C24H30N4O2/c1-29-23-6-3-2-5-20(23)18-26-24-10-7-19-17-21(8-9-22(19)27-24)25-11-4-12-28-13-15-30-16-14-28/h2-3,5-10,17,25H,4,11-16,18H2,1H3,(H,26,27). The summed E-state index contributed by atoms with van der Waals surface area (Å²) in [4.78, 5) is 7.21. The zero-order chi connectivity index (χ0) is 20.6. The number of nitrogens with one attached hydrogen (secondary N) is 2. The Morgan fingerprint density at radius 1 is 1.03 bits per heavy atom. The second-order valence-electron chi connectivity index (χ2n) is 7.50. The zero-order valence-corrected chi connectivity index (χ0v) is 17.6. The number of rotatable bonds is 9. The summed E-state index contributed by atoms with van der Waals surface area (Å²) in [5, 5.41) is 8.07. The van der Waals surface area contributed by atoms with Gasteiger partial charge >= 0.3 is 0 Å². The van der Waals surface area contributed by atoms with Crippen LogP contribution in [0.3, 0.4) is 0 Å². The highest BCUT2D eigenvalue weighted by atomic mass is 16.5. The number of benzene rings is 2. The Morgan fingerprint density at radius 2 is 1.90 bits per heavy atom. The van der Waals surface area contributed by atoms with Gasteiger partial charge in [0.15, 0.2) is 0 Å². The number of morpholine rings is 1. The first kappa shape index (κ1) is 20.4. The van der Waals surface area contributed by atoms with Crippen LogP contribution in [0.2, 0.25) is 0 Å². The van der Waals surface area contributed by atoms with E-state index in [4.69, 9.17) is 14.5 Å². The lowest BCUT2D eigenvalue weighted by molar-refractivity contribution is 0.0378. The minimum Gasteiger partial charge on any atom is -0.496 e. The van der Waals surface area contributed by atoms with E-state index in [1.165, 1.54) is 0 Å². The van der Waals surface area contributed by atoms with E-state index in [-0.39, 0.29) is 0 Å². The molecule has 6 nitrogen and oxygen atoms in total. The fraction of sp³-hybridized carbons (Fsp3) is 0.375. The van der Waals surface area contributed by atoms with E-state index in [0.29, 0.717) is 6.54 Å². The Labute approximate surface area is 178 Å². The molecule has 1 aliphatic rings. The molecule has 0 radical (unpaired) electrons. The predicted molar refractivity (Wildman–Crippen MR) is 122 cm³/mol. The molecular formula is C24H30N4O2. The van der Waals surface area contributed by atoms with Crippen LogP contribution < -0.4 is 15.4 Å². The lowest BCUT2D eigenvalue weighted by Crippen LogP contribution is -2.37. The lowest BCUT2D eigenvalue weighted by Gasteiger charge is -2.26. The molecule has 2 N–H and O–H groups in total. The molecule has 1 fully saturated rings. The number of para-hydroxylation sites is 1. The van der Waals surface area contributed by atoms with Crippen molar-refractivity contribution in [2.75, 3.05) is 57.1 Å². The summed E-state index contributed by atoms with van der Waals surface area (Å²) in [6.07, 6.45) is 1.13. The van der Waals surface area contributed by atoms with Gasteiger partial charge in [0.2, 0.25) is 0 Å². The largest absolute Gasteiger partial charge is 0.496 e. The summed E-state index contributed by atoms with van der Waals surface area (Å²) in [5.41, 5.74) is 3.23. The Bertz CT molecular complexity index is 957. The normalized spacial score (nSPS) is 14.6. The van der Waals surface area contributed by atoms with Crippen molar-refractivity contribution in [1.82, 2.24) is 9.88 Å². The SMILES string of the molecule is COc1ccccc1CNc1ccc2cc(NCCCN3CCOCC3)ccc2n1. The molecular weight excluding hydrogens is 376 g/mol. The summed E-state index contributed by atoms with van der Waals surface area (Å²) < 4.78 is 10.8. The Hall–Kier alpha value is -2.83. The van der Waals surface area contributed by atoms with Gasteiger partial charge in [-0.05, 0) is 49.4 Å². The van der Waals surface area contributed by atoms with E-state index in [0.717, 1.165) is 79.5 Å². The Kier molecular flexibility index (Phi) is 7.00. The molecule has 2 aromatic carbocycles. The van der Waals surface area contributed by atoms with E-state index in [1.807, 2.05) is 24.3 Å². The number of methoxy groups -OCH3 is 1. The molecule has 0 atom stereocenters. The molecule has 1 aliphatic heterocycles. The van der Waals surface area contributed by atoms with Gasteiger partial charge in [0.05, 0.1) is 25.8 Å². The lowest BCUT2D eigenvalue weighted by atomic mass is 10.2. The number of fused-ring (bicyclic) bond motifs is 1. The highest BCUT2D eigenvalue weighted by molar-refractivity contribution is 5.83. The van der Waals surface area contributed by atoms with E-state index in [9.17, 15) is 0 Å². The molecule has 6 heteroatoms. The highest BCUT2D eigenvalue weighted by Crippen LogP contribution is 2.22. The minimum atomic E-state index is 0.672. The van der Waals surface area contributed by atoms with Crippen molar-refractivity contribution in [3.63, 3.8) is 0 Å². The van der Waals surface area contributed by atoms with Gasteiger partial charge in [-0.1, -0.05) is 18.2 Å². The van der Waals surface area contributed by atoms with Crippen LogP contribution in [0.4, 0.5) is 11.5 Å². The number of aromatic nitrogens is 1. The summed E-state index contributed by atoms with van der Waals surface area (Å²) in [7, 11) is 1.70. The van der Waals surface area contributed by atoms with E-state index in [2.05, 4.69) is 45.9 Å². The van der Waals surface area contributed by atoms with Crippen molar-refractivity contribution >= 4 is 22.4 Å². The second kappa shape index (κ2) is 10.3. The molecule has 0 saturated carbocycles. The van der Waals surface area contributed by atoms with Crippen molar-refractivity contribution in [3.8, 4) is 5.75 Å². The first-order chi connectivity index (χ1) is 14.8. The van der Waals surface area contributed by atoms with Gasteiger partial charge in [-0.15, -0.1) is 0 Å². The third-order valence-corrected chi connectivity index (χ3v) is 5.43. The van der Waals surface area contributed by atoms with Gasteiger partial charge < -0.3 is 20.1 Å². The predicted octanol–water partition coefficient (Wildman–Crippen LogP) is 3.99. The Balaban J connectivity index is 1.30. The molecule has 0 bridgehead atoms. The molecule has 30 heavy (non-hydrogen) atoms. The maximum atomic E-state index is 5.42. The van der Waals surface area contributed by atoms with Crippen LogP contribution in [0.1, 0.15) is 12.0 Å². The van der Waals surface area contributed by atoms with Crippen LogP contribution in [-0.2, 0) is 11.3 Å². The molecule has 0 aliphatic carbocycles. The second-order valence-corrected chi connectivity index (χ2v) is 7.50. The monoisotopic (exact) mass is 406 g/mol. The van der Waals surface area contributed by atoms with Crippen LogP contribution in [0.5, 0.6) is 5.75 Å². The molecule has 158 valence electrons. The zero-order valence-electron chi connectivity index (χ0n) is 17.6. The molecule has 4 rings (SSSR count). The maximum Gasteiger partial charge on any atom is 0.126 e. The van der Waals surface area contributed by atoms with Gasteiger partial charge in [0.25, 0.3) is 0 Å². The van der Waals surface area contributed by atoms with E-state index < -0.39 is 0 Å². The number of hydrogen-bond acceptors (Lipinski definition) is 6. The van der Waals surface area contributed by atoms with Gasteiger partial charge in [-0.25, -0.2) is 4.98 Å². The van der Waals surface area contributed by atoms with Crippen LogP contribution in [0.25, 0.3) is 10.9 Å². The van der Waals surface area contributed by atoms with Crippen molar-refractivity contribution in [2.24, 2.45) is 0 Å². The summed E-state index contributed by atoms with van der Waals surface area (Å²) >= 11 is 0. The van der Waals surface area contributed by atoms with Gasteiger partial charge in [-0.2, -0.15) is 0 Å². The third-order valence-electron chi connectivity index (χ3n) is 5.43. The van der Waals surface area contributed by atoms with E-state index in [1.54, 1.807) is 7.11 Å². The molecule has 1 saturated heterocycles. The smallest absolute Gasteiger partial charge is 0.126 e. The van der Waals surface area contributed by atoms with Gasteiger partial charge in [0, 0.05) is 42.8 Å². The van der Waals surface area contributed by atoms with Gasteiger partial charge in [0.1, 0.15) is 11.6 Å². The van der Waals surface area contributed by atoms with Crippen molar-refractivity contribution in [1.29, 1.82) is 0 Å². The van der Waals surface area contributed by atoms with Crippen LogP contribution in [-0.4, -0.2) is 56.4 Å². The first-order valence-electron chi connectivity index (χ1n) is 10.6. The van der Waals surface area contributed by atoms with Gasteiger partial charge in [-0.3, -0.25) is 4.90 Å². The molecule has 0 spiro atoms. The average molecular weight is 407 g/mol. The fourth-order valence-corrected chi connectivity index (χ4v) is 3.73. The van der Waals surface area contributed by atoms with Crippen LogP contribution in [0.15, 0.2) is 54.6 Å². The van der Waals surface area contributed by atoms with Crippen molar-refractivity contribution < 1.29 is 9.47 Å². The quantitative estimate of drug-likeness (QED) is 0.524. The molecule has 0 amide bonds. The first-order valence-corrected chi connectivity index (χ1v) is 10.6. The van der Waals surface area contributed by atoms with Crippen molar-refractivity contribution in [3.05, 3.63) is 60.2 Å². The van der Waals surface area contributed by atoms with Crippen LogP contribution >= 0.6 is 0 Å². The highest BCUT2D eigenvalue weighted by Gasteiger charge is 2.09.